The molecule has 0 radical (unpaired) electrons. The van der Waals surface area contributed by atoms with Crippen molar-refractivity contribution in [3.05, 3.63) is 4.47 Å². The predicted octanol–water partition coefficient (Wildman–Crippen LogP) is 3.00. The van der Waals surface area contributed by atoms with Gasteiger partial charge in [-0.2, -0.15) is 0 Å². The fourth-order valence-electron chi connectivity index (χ4n) is 1.80. The fourth-order valence-corrected chi connectivity index (χ4v) is 9.08. The van der Waals surface area contributed by atoms with Gasteiger partial charge in [-0.05, 0) is 35.6 Å². The van der Waals surface area contributed by atoms with Crippen LogP contribution in [0.1, 0.15) is 0 Å². The normalized spacial score (nSPS) is 13.8. The van der Waals surface area contributed by atoms with E-state index in [4.69, 9.17) is 9.63 Å². The first-order chi connectivity index (χ1) is 8.23. The van der Waals surface area contributed by atoms with Crippen LogP contribution in [0.5, 0.6) is 0 Å². The molecule has 0 spiro atoms. The molecule has 0 aromatic carbocycles. The van der Waals surface area contributed by atoms with Crippen molar-refractivity contribution < 1.29 is 4.53 Å². The van der Waals surface area contributed by atoms with Crippen LogP contribution < -0.4 is 15.2 Å². The molecule has 1 aromatic heterocycles. The van der Waals surface area contributed by atoms with Crippen molar-refractivity contribution in [1.29, 1.82) is 0 Å². The largest absolute Gasteiger partial charge is 0.457 e. The van der Waals surface area contributed by atoms with Crippen molar-refractivity contribution in [2.45, 2.75) is 58.9 Å². The minimum atomic E-state index is -1.66. The van der Waals surface area contributed by atoms with Gasteiger partial charge in [0.2, 0.25) is 0 Å². The van der Waals surface area contributed by atoms with Crippen molar-refractivity contribution in [2.24, 2.45) is 0 Å². The summed E-state index contributed by atoms with van der Waals surface area (Å²) in [4.78, 5) is 1.86. The molecule has 0 amide bonds. The van der Waals surface area contributed by atoms with Gasteiger partial charge in [-0.1, -0.05) is 39.3 Å². The molecular formula is C12H27BrN2OSi3. The van der Waals surface area contributed by atoms with Crippen molar-refractivity contribution >= 4 is 51.0 Å². The molecule has 1 heterocycles. The van der Waals surface area contributed by atoms with Crippen molar-refractivity contribution in [3.63, 3.8) is 0 Å². The van der Waals surface area contributed by atoms with E-state index >= 15 is 0 Å². The third-order valence-electron chi connectivity index (χ3n) is 2.58. The topological polar surface area (TPSA) is 27.1 Å². The number of rotatable bonds is 4. The number of halogens is 1. The van der Waals surface area contributed by atoms with Crippen molar-refractivity contribution in [2.75, 3.05) is 0 Å². The van der Waals surface area contributed by atoms with Gasteiger partial charge >= 0.3 is 0 Å². The molecule has 0 aliphatic heterocycles. The van der Waals surface area contributed by atoms with Gasteiger partial charge in [-0.25, -0.2) is 0 Å². The molecule has 0 aliphatic carbocycles. The van der Waals surface area contributed by atoms with Crippen LogP contribution in [0, 0.1) is 0 Å². The maximum absolute atomic E-state index is 6.19. The van der Waals surface area contributed by atoms with E-state index in [1.165, 1.54) is 15.1 Å². The van der Waals surface area contributed by atoms with Gasteiger partial charge in [-0.3, -0.25) is 0 Å². The van der Waals surface area contributed by atoms with Crippen LogP contribution in [0.4, 0.5) is 0 Å². The van der Waals surface area contributed by atoms with Gasteiger partial charge in [0.15, 0.2) is 0 Å². The Balaban J connectivity index is 3.46. The second-order valence-electron chi connectivity index (χ2n) is 8.09. The van der Waals surface area contributed by atoms with E-state index < -0.39 is 24.5 Å². The molecule has 0 saturated carbocycles. The molecule has 110 valence electrons. The third-order valence-corrected chi connectivity index (χ3v) is 8.42. The monoisotopic (exact) mass is 378 g/mol. The van der Waals surface area contributed by atoms with Crippen LogP contribution >= 0.6 is 15.9 Å². The maximum Gasteiger partial charge on any atom is 0.278 e. The summed E-state index contributed by atoms with van der Waals surface area (Å²) in [5, 5.41) is 7.32. The lowest BCUT2D eigenvalue weighted by atomic mass is 10.7. The van der Waals surface area contributed by atoms with E-state index in [-0.39, 0.29) is 0 Å². The molecule has 0 unspecified atom stereocenters. The zero-order valence-corrected chi connectivity index (χ0v) is 18.3. The summed E-state index contributed by atoms with van der Waals surface area (Å²) in [5.74, 6) is 0. The summed E-state index contributed by atoms with van der Waals surface area (Å²) < 4.78 is 7.39. The van der Waals surface area contributed by atoms with E-state index in [9.17, 15) is 0 Å². The zero-order valence-electron chi connectivity index (χ0n) is 13.7. The Bertz CT molecular complexity index is 467. The Kier molecular flexibility index (Phi) is 4.67. The van der Waals surface area contributed by atoms with E-state index in [2.05, 4.69) is 74.9 Å². The Labute approximate surface area is 129 Å². The second kappa shape index (κ2) is 5.16. The molecule has 0 saturated heterocycles. The molecule has 0 fully saturated rings. The lowest BCUT2D eigenvalue weighted by Crippen LogP contribution is -2.50. The van der Waals surface area contributed by atoms with Crippen molar-refractivity contribution in [3.8, 4) is 0 Å². The maximum atomic E-state index is 6.19. The molecule has 0 aliphatic rings. The molecule has 1 aromatic rings. The first-order valence-corrected chi connectivity index (χ1v) is 17.9. The first-order valence-electron chi connectivity index (χ1n) is 6.72. The third kappa shape index (κ3) is 4.30. The van der Waals surface area contributed by atoms with Crippen LogP contribution in [0.25, 0.3) is 0 Å². The summed E-state index contributed by atoms with van der Waals surface area (Å²) in [6.45, 7) is 20.6. The SMILES string of the molecule is C[Si](C)(C)On1nc([Si](C)(C)C)c(Br)c1[Si](C)(C)C. The first kappa shape index (κ1) is 17.2. The highest BCUT2D eigenvalue weighted by Gasteiger charge is 2.35. The van der Waals surface area contributed by atoms with Gasteiger partial charge in [0.05, 0.1) is 15.1 Å². The van der Waals surface area contributed by atoms with Crippen LogP contribution in [0.15, 0.2) is 4.47 Å². The summed E-state index contributed by atoms with van der Waals surface area (Å²) in [6.07, 6.45) is 0. The van der Waals surface area contributed by atoms with Gasteiger partial charge in [0.1, 0.15) is 16.1 Å². The molecular weight excluding hydrogens is 352 g/mol. The minimum absolute atomic E-state index is 1.20. The summed E-state index contributed by atoms with van der Waals surface area (Å²) >= 11 is 3.80. The van der Waals surface area contributed by atoms with E-state index in [1.54, 1.807) is 0 Å². The van der Waals surface area contributed by atoms with E-state index in [0.29, 0.717) is 0 Å². The van der Waals surface area contributed by atoms with Crippen molar-refractivity contribution in [1.82, 2.24) is 9.94 Å². The molecule has 3 nitrogen and oxygen atoms in total. The number of hydrogen-bond donors (Lipinski definition) is 0. The highest BCUT2D eigenvalue weighted by Crippen LogP contribution is 2.16. The molecule has 0 bridgehead atoms. The van der Waals surface area contributed by atoms with Crippen LogP contribution in [-0.2, 0) is 0 Å². The van der Waals surface area contributed by atoms with Gasteiger partial charge in [0, 0.05) is 0 Å². The van der Waals surface area contributed by atoms with Crippen LogP contribution in [0.3, 0.4) is 0 Å². The summed E-state index contributed by atoms with van der Waals surface area (Å²) in [6, 6.07) is 0. The number of aromatic nitrogens is 2. The van der Waals surface area contributed by atoms with E-state index in [1.807, 2.05) is 4.85 Å². The highest BCUT2D eigenvalue weighted by molar-refractivity contribution is 9.10. The Morgan fingerprint density at radius 3 is 1.68 bits per heavy atom. The Morgan fingerprint density at radius 2 is 1.37 bits per heavy atom. The Hall–Kier alpha value is 0.141. The van der Waals surface area contributed by atoms with Gasteiger partial charge in [-0.15, -0.1) is 9.94 Å². The lowest BCUT2D eigenvalue weighted by Gasteiger charge is -2.24. The van der Waals surface area contributed by atoms with E-state index in [0.717, 1.165) is 0 Å². The molecule has 1 rings (SSSR count). The number of hydrogen-bond acceptors (Lipinski definition) is 2. The average Bonchev–Trinajstić information content (AvgIpc) is 2.36. The Morgan fingerprint density at radius 1 is 0.895 bits per heavy atom. The van der Waals surface area contributed by atoms with Crippen LogP contribution in [-0.4, -0.2) is 34.4 Å². The second-order valence-corrected chi connectivity index (χ2v) is 23.2. The molecule has 19 heavy (non-hydrogen) atoms. The fraction of sp³-hybridized carbons (Fsp3) is 0.750. The number of nitrogens with zero attached hydrogens (tertiary/aromatic N) is 2. The molecule has 0 atom stereocenters. The zero-order chi connectivity index (χ0) is 15.2. The average molecular weight is 380 g/mol. The van der Waals surface area contributed by atoms with Crippen LogP contribution in [0.2, 0.25) is 58.9 Å². The predicted molar refractivity (Wildman–Crippen MR) is 95.8 cm³/mol. The van der Waals surface area contributed by atoms with Gasteiger partial charge in [0.25, 0.3) is 8.32 Å². The summed E-state index contributed by atoms with van der Waals surface area (Å²) in [7, 11) is -4.63. The highest BCUT2D eigenvalue weighted by atomic mass is 79.9. The minimum Gasteiger partial charge on any atom is -0.457 e. The molecule has 7 heteroatoms. The smallest absolute Gasteiger partial charge is 0.278 e. The standard InChI is InChI=1S/C12H27BrN2OSi3/c1-17(2,3)11-10(13)12(18(4,5)6)15(14-11)16-19(7,8)9/h1-9H3. The lowest BCUT2D eigenvalue weighted by molar-refractivity contribution is 0.237. The summed E-state index contributed by atoms with van der Waals surface area (Å²) in [5.41, 5.74) is 0. The quantitative estimate of drug-likeness (QED) is 0.752. The van der Waals surface area contributed by atoms with Gasteiger partial charge < -0.3 is 4.53 Å². The molecule has 0 N–H and O–H groups in total.